The molecular formula is C19H23N5O. The van der Waals surface area contributed by atoms with Crippen LogP contribution in [0.5, 0.6) is 0 Å². The standard InChI is InChI=1S/C19H23N5O/c25-19(17-13-18(21-14-20-17)24-11-3-4-12-24)22-15-5-7-16(8-6-15)23-9-1-2-10-23/h5-8,13-14H,1-4,9-12H2,(H,22,25). The molecule has 0 bridgehead atoms. The van der Waals surface area contributed by atoms with Gasteiger partial charge in [0.25, 0.3) is 5.91 Å². The Bertz CT molecular complexity index is 734. The van der Waals surface area contributed by atoms with Gasteiger partial charge in [0, 0.05) is 43.6 Å². The minimum Gasteiger partial charge on any atom is -0.372 e. The van der Waals surface area contributed by atoms with Gasteiger partial charge in [0.15, 0.2) is 0 Å². The highest BCUT2D eigenvalue weighted by Gasteiger charge is 2.17. The van der Waals surface area contributed by atoms with E-state index in [1.807, 2.05) is 12.1 Å². The van der Waals surface area contributed by atoms with E-state index in [0.29, 0.717) is 5.69 Å². The summed E-state index contributed by atoms with van der Waals surface area (Å²) in [4.78, 5) is 25.5. The van der Waals surface area contributed by atoms with Gasteiger partial charge in [0.05, 0.1) is 0 Å². The van der Waals surface area contributed by atoms with Crippen LogP contribution in [0.15, 0.2) is 36.7 Å². The monoisotopic (exact) mass is 337 g/mol. The molecule has 2 aromatic rings. The van der Waals surface area contributed by atoms with Gasteiger partial charge >= 0.3 is 0 Å². The minimum absolute atomic E-state index is 0.197. The summed E-state index contributed by atoms with van der Waals surface area (Å²) in [6.45, 7) is 4.23. The van der Waals surface area contributed by atoms with Gasteiger partial charge in [-0.3, -0.25) is 4.79 Å². The first-order valence-electron chi connectivity index (χ1n) is 9.03. The Hall–Kier alpha value is -2.63. The van der Waals surface area contributed by atoms with E-state index in [2.05, 4.69) is 37.2 Å². The molecule has 1 amide bonds. The molecular weight excluding hydrogens is 314 g/mol. The Balaban J connectivity index is 1.43. The molecule has 0 unspecified atom stereocenters. The summed E-state index contributed by atoms with van der Waals surface area (Å²) >= 11 is 0. The summed E-state index contributed by atoms with van der Waals surface area (Å²) < 4.78 is 0. The maximum absolute atomic E-state index is 12.5. The fraction of sp³-hybridized carbons (Fsp3) is 0.421. The summed E-state index contributed by atoms with van der Waals surface area (Å²) in [5.74, 6) is 0.638. The minimum atomic E-state index is -0.197. The van der Waals surface area contributed by atoms with Crippen molar-refractivity contribution in [2.45, 2.75) is 25.7 Å². The second-order valence-electron chi connectivity index (χ2n) is 6.65. The fourth-order valence-electron chi connectivity index (χ4n) is 3.52. The second kappa shape index (κ2) is 7.09. The number of aromatic nitrogens is 2. The van der Waals surface area contributed by atoms with Crippen LogP contribution in [0.2, 0.25) is 0 Å². The molecule has 25 heavy (non-hydrogen) atoms. The highest BCUT2D eigenvalue weighted by Crippen LogP contribution is 2.22. The molecule has 6 heteroatoms. The molecule has 2 aliphatic heterocycles. The number of rotatable bonds is 4. The number of anilines is 3. The van der Waals surface area contributed by atoms with Crippen molar-refractivity contribution in [3.05, 3.63) is 42.4 Å². The molecule has 2 aliphatic rings. The first kappa shape index (κ1) is 15.9. The Kier molecular flexibility index (Phi) is 4.50. The van der Waals surface area contributed by atoms with E-state index in [9.17, 15) is 4.79 Å². The normalized spacial score (nSPS) is 17.1. The molecule has 0 spiro atoms. The van der Waals surface area contributed by atoms with Crippen molar-refractivity contribution >= 4 is 23.1 Å². The molecule has 0 atom stereocenters. The first-order valence-corrected chi connectivity index (χ1v) is 9.03. The molecule has 6 nitrogen and oxygen atoms in total. The van der Waals surface area contributed by atoms with Crippen LogP contribution >= 0.6 is 0 Å². The smallest absolute Gasteiger partial charge is 0.274 e. The zero-order valence-electron chi connectivity index (χ0n) is 14.3. The van der Waals surface area contributed by atoms with Gasteiger partial charge in [-0.2, -0.15) is 0 Å². The van der Waals surface area contributed by atoms with Crippen LogP contribution in [0.25, 0.3) is 0 Å². The lowest BCUT2D eigenvalue weighted by molar-refractivity contribution is 0.102. The number of nitrogens with zero attached hydrogens (tertiary/aromatic N) is 4. The van der Waals surface area contributed by atoms with Crippen LogP contribution in [0, 0.1) is 0 Å². The van der Waals surface area contributed by atoms with Crippen LogP contribution in [0.1, 0.15) is 36.2 Å². The van der Waals surface area contributed by atoms with Crippen molar-refractivity contribution in [2.24, 2.45) is 0 Å². The summed E-state index contributed by atoms with van der Waals surface area (Å²) in [5.41, 5.74) is 2.41. The molecule has 0 radical (unpaired) electrons. The third-order valence-corrected chi connectivity index (χ3v) is 4.91. The zero-order chi connectivity index (χ0) is 17.1. The van der Waals surface area contributed by atoms with Gasteiger partial charge in [0.2, 0.25) is 0 Å². The Morgan fingerprint density at radius 1 is 0.880 bits per heavy atom. The molecule has 130 valence electrons. The van der Waals surface area contributed by atoms with E-state index >= 15 is 0 Å². The van der Waals surface area contributed by atoms with Gasteiger partial charge in [-0.05, 0) is 49.9 Å². The van der Waals surface area contributed by atoms with Crippen LogP contribution in [0.3, 0.4) is 0 Å². The lowest BCUT2D eigenvalue weighted by Crippen LogP contribution is -2.21. The number of carbonyl (C=O) groups is 1. The number of hydrogen-bond donors (Lipinski definition) is 1. The highest BCUT2D eigenvalue weighted by molar-refractivity contribution is 6.03. The summed E-state index contributed by atoms with van der Waals surface area (Å²) in [7, 11) is 0. The summed E-state index contributed by atoms with van der Waals surface area (Å²) in [6, 6.07) is 9.81. The number of hydrogen-bond acceptors (Lipinski definition) is 5. The van der Waals surface area contributed by atoms with E-state index < -0.39 is 0 Å². The second-order valence-corrected chi connectivity index (χ2v) is 6.65. The fourth-order valence-corrected chi connectivity index (χ4v) is 3.52. The number of carbonyl (C=O) groups excluding carboxylic acids is 1. The largest absolute Gasteiger partial charge is 0.372 e. The van der Waals surface area contributed by atoms with E-state index in [-0.39, 0.29) is 5.91 Å². The Labute approximate surface area is 147 Å². The quantitative estimate of drug-likeness (QED) is 0.929. The topological polar surface area (TPSA) is 61.4 Å². The van der Waals surface area contributed by atoms with Crippen LogP contribution in [0.4, 0.5) is 17.2 Å². The van der Waals surface area contributed by atoms with Gasteiger partial charge in [-0.25, -0.2) is 9.97 Å². The summed E-state index contributed by atoms with van der Waals surface area (Å²) in [6.07, 6.45) is 6.33. The van der Waals surface area contributed by atoms with Crippen LogP contribution in [-0.4, -0.2) is 42.1 Å². The van der Waals surface area contributed by atoms with Crippen molar-refractivity contribution in [1.29, 1.82) is 0 Å². The van der Waals surface area contributed by atoms with Crippen LogP contribution in [-0.2, 0) is 0 Å². The third-order valence-electron chi connectivity index (χ3n) is 4.91. The molecule has 1 aromatic carbocycles. The maximum Gasteiger partial charge on any atom is 0.274 e. The van der Waals surface area contributed by atoms with Gasteiger partial charge in [0.1, 0.15) is 17.8 Å². The number of amides is 1. The highest BCUT2D eigenvalue weighted by atomic mass is 16.1. The average molecular weight is 337 g/mol. The third kappa shape index (κ3) is 3.57. The van der Waals surface area contributed by atoms with E-state index in [0.717, 1.165) is 37.7 Å². The molecule has 2 fully saturated rings. The Morgan fingerprint density at radius 3 is 2.20 bits per heavy atom. The average Bonchev–Trinajstić information content (AvgIpc) is 3.36. The van der Waals surface area contributed by atoms with Crippen molar-refractivity contribution < 1.29 is 4.79 Å². The van der Waals surface area contributed by atoms with Gasteiger partial charge in [-0.15, -0.1) is 0 Å². The van der Waals surface area contributed by atoms with Crippen molar-refractivity contribution in [3.8, 4) is 0 Å². The van der Waals surface area contributed by atoms with Crippen molar-refractivity contribution in [1.82, 2.24) is 9.97 Å². The molecule has 0 aliphatic carbocycles. The lowest BCUT2D eigenvalue weighted by Gasteiger charge is -2.18. The Morgan fingerprint density at radius 2 is 1.52 bits per heavy atom. The van der Waals surface area contributed by atoms with Crippen molar-refractivity contribution in [3.63, 3.8) is 0 Å². The molecule has 3 heterocycles. The molecule has 1 aromatic heterocycles. The zero-order valence-corrected chi connectivity index (χ0v) is 14.3. The predicted octanol–water partition coefficient (Wildman–Crippen LogP) is 2.93. The summed E-state index contributed by atoms with van der Waals surface area (Å²) in [5, 5.41) is 2.93. The maximum atomic E-state index is 12.5. The SMILES string of the molecule is O=C(Nc1ccc(N2CCCC2)cc1)c1cc(N2CCCC2)ncn1. The van der Waals surface area contributed by atoms with Crippen molar-refractivity contribution in [2.75, 3.05) is 41.3 Å². The van der Waals surface area contributed by atoms with Gasteiger partial charge < -0.3 is 15.1 Å². The molecule has 4 rings (SSSR count). The molecule has 2 saturated heterocycles. The predicted molar refractivity (Wildman–Crippen MR) is 99.3 cm³/mol. The molecule has 1 N–H and O–H groups in total. The van der Waals surface area contributed by atoms with E-state index in [1.54, 1.807) is 6.07 Å². The number of nitrogens with one attached hydrogen (secondary N) is 1. The van der Waals surface area contributed by atoms with Gasteiger partial charge in [-0.1, -0.05) is 0 Å². The first-order chi connectivity index (χ1) is 12.3. The number of benzene rings is 1. The lowest BCUT2D eigenvalue weighted by atomic mass is 10.2. The molecule has 0 saturated carbocycles. The van der Waals surface area contributed by atoms with Crippen LogP contribution < -0.4 is 15.1 Å². The van der Waals surface area contributed by atoms with E-state index in [1.165, 1.54) is 37.7 Å². The van der Waals surface area contributed by atoms with E-state index in [4.69, 9.17) is 0 Å².